The summed E-state index contributed by atoms with van der Waals surface area (Å²) in [5, 5.41) is 21.3. The third-order valence-corrected chi connectivity index (χ3v) is 5.31. The van der Waals surface area contributed by atoms with Gasteiger partial charge in [-0.1, -0.05) is 47.7 Å². The first-order valence-corrected chi connectivity index (χ1v) is 9.80. The predicted molar refractivity (Wildman–Crippen MR) is 113 cm³/mol. The molecule has 30 heavy (non-hydrogen) atoms. The van der Waals surface area contributed by atoms with Gasteiger partial charge >= 0.3 is 5.97 Å². The summed E-state index contributed by atoms with van der Waals surface area (Å²) < 4.78 is 1.40. The second-order valence-corrected chi connectivity index (χ2v) is 7.36. The fourth-order valence-electron chi connectivity index (χ4n) is 3.56. The standard InChI is InChI=1S/C23H22N4O3/c1-15-19(10-11-22(15)28)24-18-9-5-8-17(13-18)20-14-27(26-25-20)21(23(29)30)12-16-6-3-2-4-7-16/h2-9,13-14,21,24H,10-12H2,1H3,(H,29,30)/t21-/m1/s1. The number of benzene rings is 2. The molecule has 2 aromatic carbocycles. The molecule has 1 aliphatic rings. The minimum Gasteiger partial charge on any atom is -0.480 e. The van der Waals surface area contributed by atoms with Crippen LogP contribution in [0.25, 0.3) is 11.3 Å². The first kappa shape index (κ1) is 19.6. The van der Waals surface area contributed by atoms with E-state index in [2.05, 4.69) is 15.6 Å². The molecule has 152 valence electrons. The summed E-state index contributed by atoms with van der Waals surface area (Å²) in [6, 6.07) is 16.2. The molecule has 0 spiro atoms. The Morgan fingerprint density at radius 1 is 1.17 bits per heavy atom. The van der Waals surface area contributed by atoms with Gasteiger partial charge in [-0.25, -0.2) is 9.48 Å². The van der Waals surface area contributed by atoms with Crippen LogP contribution in [0.5, 0.6) is 0 Å². The number of Topliss-reactive ketones (excluding diaryl/α,β-unsaturated/α-hetero) is 1. The fourth-order valence-corrected chi connectivity index (χ4v) is 3.56. The number of rotatable bonds is 7. The van der Waals surface area contributed by atoms with Crippen molar-refractivity contribution < 1.29 is 14.7 Å². The molecule has 0 amide bonds. The number of ketones is 1. The first-order valence-electron chi connectivity index (χ1n) is 9.80. The highest BCUT2D eigenvalue weighted by Gasteiger charge is 2.22. The van der Waals surface area contributed by atoms with Gasteiger partial charge in [0.25, 0.3) is 0 Å². The molecule has 7 nitrogen and oxygen atoms in total. The van der Waals surface area contributed by atoms with Gasteiger partial charge in [0.2, 0.25) is 0 Å². The Kier molecular flexibility index (Phi) is 5.43. The van der Waals surface area contributed by atoms with E-state index >= 15 is 0 Å². The lowest BCUT2D eigenvalue weighted by Gasteiger charge is -2.12. The molecule has 0 aliphatic heterocycles. The molecular weight excluding hydrogens is 380 g/mol. The topological polar surface area (TPSA) is 97.1 Å². The predicted octanol–water partition coefficient (Wildman–Crippen LogP) is 3.86. The molecule has 0 fully saturated rings. The average molecular weight is 402 g/mol. The summed E-state index contributed by atoms with van der Waals surface area (Å²) >= 11 is 0. The van der Waals surface area contributed by atoms with Gasteiger partial charge in [0.1, 0.15) is 5.69 Å². The number of carboxylic acids is 1. The maximum atomic E-state index is 11.8. The Hall–Kier alpha value is -3.74. The van der Waals surface area contributed by atoms with E-state index in [1.807, 2.05) is 61.5 Å². The number of nitrogens with zero attached hydrogens (tertiary/aromatic N) is 3. The minimum absolute atomic E-state index is 0.176. The molecule has 1 atom stereocenters. The average Bonchev–Trinajstić information content (AvgIpc) is 3.36. The normalized spacial score (nSPS) is 14.8. The number of carbonyl (C=O) groups excluding carboxylic acids is 1. The van der Waals surface area contributed by atoms with Crippen LogP contribution in [0.2, 0.25) is 0 Å². The van der Waals surface area contributed by atoms with Crippen molar-refractivity contribution >= 4 is 17.4 Å². The Morgan fingerprint density at radius 2 is 1.97 bits per heavy atom. The number of nitrogens with one attached hydrogen (secondary N) is 1. The summed E-state index contributed by atoms with van der Waals surface area (Å²) in [5.74, 6) is -0.784. The Balaban J connectivity index is 1.56. The van der Waals surface area contributed by atoms with Crippen molar-refractivity contribution in [1.29, 1.82) is 0 Å². The van der Waals surface area contributed by atoms with Crippen molar-refractivity contribution in [2.24, 2.45) is 0 Å². The molecule has 0 unspecified atom stereocenters. The Bertz CT molecular complexity index is 1120. The van der Waals surface area contributed by atoms with Crippen LogP contribution in [0.1, 0.15) is 31.4 Å². The van der Waals surface area contributed by atoms with Crippen molar-refractivity contribution in [3.63, 3.8) is 0 Å². The largest absolute Gasteiger partial charge is 0.480 e. The molecular formula is C23H22N4O3. The fraction of sp³-hybridized carbons (Fsp3) is 0.217. The monoisotopic (exact) mass is 402 g/mol. The lowest BCUT2D eigenvalue weighted by molar-refractivity contribution is -0.141. The molecule has 1 heterocycles. The molecule has 7 heteroatoms. The van der Waals surface area contributed by atoms with Gasteiger partial charge < -0.3 is 10.4 Å². The van der Waals surface area contributed by atoms with Crippen molar-refractivity contribution in [3.05, 3.63) is 77.6 Å². The number of allylic oxidation sites excluding steroid dienone is 2. The van der Waals surface area contributed by atoms with Crippen LogP contribution >= 0.6 is 0 Å². The van der Waals surface area contributed by atoms with E-state index in [0.717, 1.165) is 28.1 Å². The molecule has 1 aliphatic carbocycles. The molecule has 0 bridgehead atoms. The van der Waals surface area contributed by atoms with Crippen LogP contribution in [0.4, 0.5) is 5.69 Å². The Labute approximate surface area is 174 Å². The van der Waals surface area contributed by atoms with Crippen LogP contribution in [0.15, 0.2) is 72.1 Å². The van der Waals surface area contributed by atoms with E-state index in [4.69, 9.17) is 0 Å². The highest BCUT2D eigenvalue weighted by Crippen LogP contribution is 2.27. The minimum atomic E-state index is -0.959. The summed E-state index contributed by atoms with van der Waals surface area (Å²) in [4.78, 5) is 23.6. The maximum absolute atomic E-state index is 11.8. The van der Waals surface area contributed by atoms with Gasteiger partial charge in [-0.2, -0.15) is 0 Å². The molecule has 0 radical (unpaired) electrons. The third kappa shape index (κ3) is 4.15. The van der Waals surface area contributed by atoms with E-state index in [9.17, 15) is 14.7 Å². The lowest BCUT2D eigenvalue weighted by atomic mass is 10.1. The van der Waals surface area contributed by atoms with E-state index in [0.29, 0.717) is 25.0 Å². The van der Waals surface area contributed by atoms with E-state index in [1.54, 1.807) is 6.20 Å². The van der Waals surface area contributed by atoms with Crippen LogP contribution < -0.4 is 5.32 Å². The zero-order valence-corrected chi connectivity index (χ0v) is 16.6. The second kappa shape index (κ2) is 8.32. The number of hydrogen-bond acceptors (Lipinski definition) is 5. The van der Waals surface area contributed by atoms with Gasteiger partial charge in [0.05, 0.1) is 6.20 Å². The molecule has 0 saturated carbocycles. The van der Waals surface area contributed by atoms with Gasteiger partial charge in [0, 0.05) is 35.4 Å². The summed E-state index contributed by atoms with van der Waals surface area (Å²) in [6.45, 7) is 1.84. The van der Waals surface area contributed by atoms with Crippen LogP contribution in [0.3, 0.4) is 0 Å². The number of hydrogen-bond donors (Lipinski definition) is 2. The number of carbonyl (C=O) groups is 2. The zero-order chi connectivity index (χ0) is 21.1. The maximum Gasteiger partial charge on any atom is 0.328 e. The molecule has 4 rings (SSSR count). The van der Waals surface area contributed by atoms with Gasteiger partial charge in [0.15, 0.2) is 11.8 Å². The number of aromatic nitrogens is 3. The van der Waals surface area contributed by atoms with Gasteiger partial charge in [-0.05, 0) is 31.0 Å². The van der Waals surface area contributed by atoms with Gasteiger partial charge in [-0.15, -0.1) is 5.10 Å². The molecule has 2 N–H and O–H groups in total. The third-order valence-electron chi connectivity index (χ3n) is 5.31. The van der Waals surface area contributed by atoms with Crippen molar-refractivity contribution in [2.75, 3.05) is 5.32 Å². The zero-order valence-electron chi connectivity index (χ0n) is 16.6. The van der Waals surface area contributed by atoms with Crippen molar-refractivity contribution in [1.82, 2.24) is 15.0 Å². The summed E-state index contributed by atoms with van der Waals surface area (Å²) in [5.41, 5.74) is 4.89. The summed E-state index contributed by atoms with van der Waals surface area (Å²) in [6.07, 6.45) is 3.23. The number of aliphatic carboxylic acids is 1. The highest BCUT2D eigenvalue weighted by molar-refractivity contribution is 5.98. The quantitative estimate of drug-likeness (QED) is 0.623. The first-order chi connectivity index (χ1) is 14.5. The second-order valence-electron chi connectivity index (χ2n) is 7.36. The van der Waals surface area contributed by atoms with Crippen molar-refractivity contribution in [2.45, 2.75) is 32.2 Å². The highest BCUT2D eigenvalue weighted by atomic mass is 16.4. The van der Waals surface area contributed by atoms with Crippen LogP contribution in [-0.2, 0) is 16.0 Å². The van der Waals surface area contributed by atoms with Crippen LogP contribution in [-0.4, -0.2) is 31.9 Å². The van der Waals surface area contributed by atoms with E-state index in [1.165, 1.54) is 4.68 Å². The number of carboxylic acid groups (broad SMARTS) is 1. The smallest absolute Gasteiger partial charge is 0.328 e. The van der Waals surface area contributed by atoms with Crippen molar-refractivity contribution in [3.8, 4) is 11.3 Å². The van der Waals surface area contributed by atoms with E-state index in [-0.39, 0.29) is 5.78 Å². The van der Waals surface area contributed by atoms with E-state index < -0.39 is 12.0 Å². The number of anilines is 1. The molecule has 0 saturated heterocycles. The SMILES string of the molecule is CC1=C(Nc2cccc(-c3cn([C@H](Cc4ccccc4)C(=O)O)nn3)c2)CCC1=O. The van der Waals surface area contributed by atoms with Gasteiger partial charge in [-0.3, -0.25) is 4.79 Å². The van der Waals surface area contributed by atoms with Crippen LogP contribution in [0, 0.1) is 0 Å². The Morgan fingerprint density at radius 3 is 2.67 bits per heavy atom. The molecule has 3 aromatic rings. The molecule has 1 aromatic heterocycles. The summed E-state index contributed by atoms with van der Waals surface area (Å²) in [7, 11) is 0. The lowest BCUT2D eigenvalue weighted by Crippen LogP contribution is -2.22.